The van der Waals surface area contributed by atoms with E-state index in [-0.39, 0.29) is 23.4 Å². The van der Waals surface area contributed by atoms with Crippen molar-refractivity contribution in [1.29, 1.82) is 0 Å². The summed E-state index contributed by atoms with van der Waals surface area (Å²) in [6.07, 6.45) is 2.90. The highest BCUT2D eigenvalue weighted by Crippen LogP contribution is 2.20. The zero-order valence-corrected chi connectivity index (χ0v) is 11.0. The van der Waals surface area contributed by atoms with Gasteiger partial charge in [-0.3, -0.25) is 4.79 Å². The second-order valence-corrected chi connectivity index (χ2v) is 5.12. The lowest BCUT2D eigenvalue weighted by atomic mass is 10.3. The lowest BCUT2D eigenvalue weighted by molar-refractivity contribution is -0.120. The number of hydrogen-bond acceptors (Lipinski definition) is 4. The van der Waals surface area contributed by atoms with Crippen LogP contribution in [0.15, 0.2) is 6.20 Å². The van der Waals surface area contributed by atoms with Crippen molar-refractivity contribution in [3.05, 3.63) is 16.1 Å². The van der Waals surface area contributed by atoms with Crippen LogP contribution in [0.1, 0.15) is 36.2 Å². The average molecular weight is 257 g/mol. The number of amides is 1. The van der Waals surface area contributed by atoms with Gasteiger partial charge in [0.1, 0.15) is 5.01 Å². The van der Waals surface area contributed by atoms with E-state index >= 15 is 0 Å². The minimum absolute atomic E-state index is 0.0890. The van der Waals surface area contributed by atoms with Crippen LogP contribution in [0.5, 0.6) is 0 Å². The van der Waals surface area contributed by atoms with E-state index in [1.54, 1.807) is 11.3 Å². The fraction of sp³-hybridized carbons (Fsp3) is 0.500. The number of nitrogens with zero attached hydrogens (tertiary/aromatic N) is 1. The highest BCUT2D eigenvalue weighted by Gasteiger charge is 2.13. The Kier molecular flexibility index (Phi) is 4.82. The predicted molar refractivity (Wildman–Crippen MR) is 69.5 cm³/mol. The summed E-state index contributed by atoms with van der Waals surface area (Å²) < 4.78 is 0. The Morgan fingerprint density at radius 1 is 1.75 bits per heavy atom. The van der Waals surface area contributed by atoms with Crippen molar-refractivity contribution in [3.8, 4) is 0 Å². The van der Waals surface area contributed by atoms with E-state index < -0.39 is 0 Å². The van der Waals surface area contributed by atoms with Crippen molar-refractivity contribution in [3.63, 3.8) is 0 Å². The van der Waals surface area contributed by atoms with E-state index in [2.05, 4.69) is 29.4 Å². The quantitative estimate of drug-likeness (QED) is 0.786. The largest absolute Gasteiger partial charge is 0.393 e. The van der Waals surface area contributed by atoms with Gasteiger partial charge in [0.05, 0.1) is 17.5 Å². The molecule has 88 valence electrons. The molecule has 1 aromatic heterocycles. The summed E-state index contributed by atoms with van der Waals surface area (Å²) in [5.74, 6) is -0.159. The third-order valence-electron chi connectivity index (χ3n) is 2.00. The van der Waals surface area contributed by atoms with Gasteiger partial charge in [0, 0.05) is 11.1 Å². The Morgan fingerprint density at radius 2 is 2.44 bits per heavy atom. The number of nitrogens with two attached hydrogens (primary N) is 1. The number of nitrogens with one attached hydrogen (secondary N) is 1. The molecular formula is C10H15N3OS2. The van der Waals surface area contributed by atoms with E-state index in [0.717, 1.165) is 11.4 Å². The van der Waals surface area contributed by atoms with E-state index in [9.17, 15) is 4.79 Å². The predicted octanol–water partition coefficient (Wildman–Crippen LogP) is 1.56. The van der Waals surface area contributed by atoms with Crippen molar-refractivity contribution < 1.29 is 4.79 Å². The van der Waals surface area contributed by atoms with Crippen LogP contribution >= 0.6 is 23.6 Å². The summed E-state index contributed by atoms with van der Waals surface area (Å²) >= 11 is 6.28. The van der Waals surface area contributed by atoms with Gasteiger partial charge in [-0.1, -0.05) is 19.1 Å². The standard InChI is InChI=1S/C10H15N3OS2/c1-3-7-5-12-10(16-7)6(2)13-9(14)4-8(11)15/h5-6H,3-4H2,1-2H3,(H2,11,15)(H,13,14). The molecule has 3 N–H and O–H groups in total. The van der Waals surface area contributed by atoms with Crippen LogP contribution in [0.2, 0.25) is 0 Å². The van der Waals surface area contributed by atoms with Crippen LogP contribution in [-0.2, 0) is 11.2 Å². The van der Waals surface area contributed by atoms with Gasteiger partial charge in [-0.05, 0) is 13.3 Å². The highest BCUT2D eigenvalue weighted by atomic mass is 32.1. The average Bonchev–Trinajstić information content (AvgIpc) is 2.64. The van der Waals surface area contributed by atoms with Gasteiger partial charge in [-0.2, -0.15) is 0 Å². The Bertz CT molecular complexity index is 389. The van der Waals surface area contributed by atoms with E-state index in [4.69, 9.17) is 5.73 Å². The lowest BCUT2D eigenvalue weighted by Gasteiger charge is -2.10. The first-order chi connectivity index (χ1) is 7.52. The Morgan fingerprint density at radius 3 is 2.94 bits per heavy atom. The van der Waals surface area contributed by atoms with E-state index in [1.807, 2.05) is 13.1 Å². The van der Waals surface area contributed by atoms with Gasteiger partial charge in [0.2, 0.25) is 5.91 Å². The molecule has 1 rings (SSSR count). The van der Waals surface area contributed by atoms with Crippen molar-refractivity contribution in [2.75, 3.05) is 0 Å². The third-order valence-corrected chi connectivity index (χ3v) is 3.47. The molecule has 1 unspecified atom stereocenters. The second kappa shape index (κ2) is 5.91. The molecule has 0 bridgehead atoms. The maximum Gasteiger partial charge on any atom is 0.227 e. The van der Waals surface area contributed by atoms with E-state index in [0.29, 0.717) is 0 Å². The smallest absolute Gasteiger partial charge is 0.227 e. The lowest BCUT2D eigenvalue weighted by Crippen LogP contribution is -2.29. The molecule has 0 aliphatic carbocycles. The van der Waals surface area contributed by atoms with Crippen molar-refractivity contribution in [1.82, 2.24) is 10.3 Å². The van der Waals surface area contributed by atoms with Crippen LogP contribution in [-0.4, -0.2) is 15.9 Å². The minimum Gasteiger partial charge on any atom is -0.393 e. The molecule has 0 aliphatic rings. The zero-order chi connectivity index (χ0) is 12.1. The fourth-order valence-electron chi connectivity index (χ4n) is 1.20. The van der Waals surface area contributed by atoms with Crippen LogP contribution in [0, 0.1) is 0 Å². The molecule has 16 heavy (non-hydrogen) atoms. The molecule has 0 saturated carbocycles. The number of thiocarbonyl (C=S) groups is 1. The molecule has 1 amide bonds. The maximum absolute atomic E-state index is 11.4. The van der Waals surface area contributed by atoms with Gasteiger partial charge >= 0.3 is 0 Å². The summed E-state index contributed by atoms with van der Waals surface area (Å²) in [5.41, 5.74) is 5.29. The van der Waals surface area contributed by atoms with Gasteiger partial charge in [0.15, 0.2) is 0 Å². The summed E-state index contributed by atoms with van der Waals surface area (Å²) in [7, 11) is 0. The van der Waals surface area contributed by atoms with Gasteiger partial charge in [-0.15, -0.1) is 11.3 Å². The molecule has 0 saturated heterocycles. The first-order valence-electron chi connectivity index (χ1n) is 5.05. The third kappa shape index (κ3) is 3.86. The van der Waals surface area contributed by atoms with Crippen LogP contribution < -0.4 is 11.1 Å². The first-order valence-corrected chi connectivity index (χ1v) is 6.27. The molecular weight excluding hydrogens is 242 g/mol. The number of aryl methyl sites for hydroxylation is 1. The first kappa shape index (κ1) is 13.1. The van der Waals surface area contributed by atoms with Crippen molar-refractivity contribution in [2.24, 2.45) is 5.73 Å². The molecule has 1 aromatic rings. The fourth-order valence-corrected chi connectivity index (χ4v) is 2.19. The Hall–Kier alpha value is -1.01. The van der Waals surface area contributed by atoms with Crippen molar-refractivity contribution >= 4 is 34.5 Å². The highest BCUT2D eigenvalue weighted by molar-refractivity contribution is 7.80. The summed E-state index contributed by atoms with van der Waals surface area (Å²) in [6.45, 7) is 3.98. The van der Waals surface area contributed by atoms with Gasteiger partial charge < -0.3 is 11.1 Å². The number of hydrogen-bond donors (Lipinski definition) is 2. The van der Waals surface area contributed by atoms with Crippen molar-refractivity contribution in [2.45, 2.75) is 32.7 Å². The molecule has 1 heterocycles. The normalized spacial score (nSPS) is 12.1. The summed E-state index contributed by atoms with van der Waals surface area (Å²) in [6, 6.07) is -0.0906. The molecule has 4 nitrogen and oxygen atoms in total. The topological polar surface area (TPSA) is 68.0 Å². The molecule has 0 fully saturated rings. The van der Waals surface area contributed by atoms with Crippen LogP contribution in [0.3, 0.4) is 0 Å². The number of aromatic nitrogens is 1. The number of carbonyl (C=O) groups excluding carboxylic acids is 1. The Labute approximate surface area is 104 Å². The van der Waals surface area contributed by atoms with E-state index in [1.165, 1.54) is 4.88 Å². The maximum atomic E-state index is 11.4. The van der Waals surface area contributed by atoms with Gasteiger partial charge in [0.25, 0.3) is 0 Å². The monoisotopic (exact) mass is 257 g/mol. The number of rotatable bonds is 5. The minimum atomic E-state index is -0.159. The van der Waals surface area contributed by atoms with Gasteiger partial charge in [-0.25, -0.2) is 4.98 Å². The Balaban J connectivity index is 2.54. The molecule has 0 aliphatic heterocycles. The molecule has 0 aromatic carbocycles. The van der Waals surface area contributed by atoms with Crippen LogP contribution in [0.4, 0.5) is 0 Å². The second-order valence-electron chi connectivity index (χ2n) is 3.45. The van der Waals surface area contributed by atoms with Crippen LogP contribution in [0.25, 0.3) is 0 Å². The summed E-state index contributed by atoms with van der Waals surface area (Å²) in [4.78, 5) is 17.1. The molecule has 0 spiro atoms. The number of thiazole rings is 1. The summed E-state index contributed by atoms with van der Waals surface area (Å²) in [5, 5.41) is 3.72. The molecule has 6 heteroatoms. The molecule has 0 radical (unpaired) electrons. The molecule has 1 atom stereocenters. The SMILES string of the molecule is CCc1cnc(C(C)NC(=O)CC(N)=S)s1. The zero-order valence-electron chi connectivity index (χ0n) is 9.32. The number of carbonyl (C=O) groups is 1.